The predicted molar refractivity (Wildman–Crippen MR) is 103 cm³/mol. The Morgan fingerprint density at radius 1 is 0.609 bits per heavy atom. The topological polar surface area (TPSA) is 0 Å². The second-order valence-corrected chi connectivity index (χ2v) is 8.11. The van der Waals surface area contributed by atoms with Gasteiger partial charge in [-0.1, -0.05) is 36.0 Å². The average molecular weight is 318 g/mol. The third-order valence-electron chi connectivity index (χ3n) is 5.19. The highest BCUT2D eigenvalue weighted by molar-refractivity contribution is 8.07. The van der Waals surface area contributed by atoms with Gasteiger partial charge in [0, 0.05) is 12.8 Å². The first-order valence-electron chi connectivity index (χ1n) is 8.30. The van der Waals surface area contributed by atoms with Crippen molar-refractivity contribution in [3.05, 3.63) is 78.6 Å². The molecule has 0 saturated carbocycles. The summed E-state index contributed by atoms with van der Waals surface area (Å²) in [6.07, 6.45) is 7.01. The van der Waals surface area contributed by atoms with Gasteiger partial charge in [-0.05, 0) is 94.2 Å². The van der Waals surface area contributed by atoms with Gasteiger partial charge in [0.05, 0.1) is 0 Å². The van der Waals surface area contributed by atoms with Gasteiger partial charge in [0.15, 0.2) is 0 Å². The summed E-state index contributed by atoms with van der Waals surface area (Å²) in [5.41, 5.74) is 11.6. The molecule has 0 radical (unpaired) electrons. The summed E-state index contributed by atoms with van der Waals surface area (Å²) in [7, 11) is 0. The molecule has 0 amide bonds. The van der Waals surface area contributed by atoms with E-state index in [1.807, 2.05) is 11.8 Å². The summed E-state index contributed by atoms with van der Waals surface area (Å²) in [6, 6.07) is 9.01. The van der Waals surface area contributed by atoms with Crippen molar-refractivity contribution >= 4 is 23.9 Å². The van der Waals surface area contributed by atoms with Gasteiger partial charge in [-0.15, -0.1) is 0 Å². The molecular formula is C22H22S. The van der Waals surface area contributed by atoms with E-state index < -0.39 is 0 Å². The number of hydrogen-bond donors (Lipinski definition) is 0. The molecule has 0 aromatic heterocycles. The molecule has 0 aliphatic heterocycles. The first kappa shape index (κ1) is 14.8. The van der Waals surface area contributed by atoms with Crippen LogP contribution in [-0.2, 0) is 12.8 Å². The van der Waals surface area contributed by atoms with E-state index in [1.54, 1.807) is 0 Å². The molecule has 0 unspecified atom stereocenters. The summed E-state index contributed by atoms with van der Waals surface area (Å²) in [6.45, 7) is 8.91. The quantitative estimate of drug-likeness (QED) is 0.640. The zero-order valence-electron chi connectivity index (χ0n) is 14.3. The maximum Gasteiger partial charge on any atom is 0.00467 e. The van der Waals surface area contributed by atoms with Crippen molar-refractivity contribution < 1.29 is 0 Å². The van der Waals surface area contributed by atoms with Crippen LogP contribution in [0, 0.1) is 27.7 Å². The van der Waals surface area contributed by atoms with Crippen LogP contribution in [0.5, 0.6) is 0 Å². The van der Waals surface area contributed by atoms with E-state index in [9.17, 15) is 0 Å². The lowest BCUT2D eigenvalue weighted by Gasteiger charge is -2.07. The Hall–Kier alpha value is -1.73. The molecule has 0 fully saturated rings. The van der Waals surface area contributed by atoms with E-state index in [0.717, 1.165) is 12.8 Å². The first-order valence-corrected chi connectivity index (χ1v) is 9.12. The average Bonchev–Trinajstić information content (AvgIpc) is 3.13. The Morgan fingerprint density at radius 3 is 1.39 bits per heavy atom. The Kier molecular flexibility index (Phi) is 3.50. The van der Waals surface area contributed by atoms with Crippen LogP contribution < -0.4 is 0 Å². The molecule has 0 bridgehead atoms. The lowest BCUT2D eigenvalue weighted by molar-refractivity contribution is 1.20. The molecule has 116 valence electrons. The summed E-state index contributed by atoms with van der Waals surface area (Å²) >= 11 is 1.98. The van der Waals surface area contributed by atoms with E-state index in [-0.39, 0.29) is 0 Å². The number of allylic oxidation sites excluding steroid dienone is 2. The van der Waals surface area contributed by atoms with Crippen molar-refractivity contribution in [2.24, 2.45) is 0 Å². The monoisotopic (exact) mass is 318 g/mol. The van der Waals surface area contributed by atoms with Gasteiger partial charge in [0.25, 0.3) is 0 Å². The van der Waals surface area contributed by atoms with Gasteiger partial charge in [-0.3, -0.25) is 0 Å². The van der Waals surface area contributed by atoms with Crippen molar-refractivity contribution in [2.45, 2.75) is 40.5 Å². The smallest absolute Gasteiger partial charge is 0.00467 e. The molecule has 0 heterocycles. The number of thioether (sulfide) groups is 1. The molecule has 2 aromatic rings. The van der Waals surface area contributed by atoms with Crippen LogP contribution in [0.3, 0.4) is 0 Å². The number of aryl methyl sites for hydroxylation is 4. The van der Waals surface area contributed by atoms with Crippen molar-refractivity contribution in [1.82, 2.24) is 0 Å². The second kappa shape index (κ2) is 5.42. The molecule has 0 saturated heterocycles. The number of rotatable bonds is 2. The molecule has 0 spiro atoms. The zero-order valence-corrected chi connectivity index (χ0v) is 15.1. The Labute approximate surface area is 143 Å². The summed E-state index contributed by atoms with van der Waals surface area (Å²) in [4.78, 5) is 2.98. The van der Waals surface area contributed by atoms with Crippen molar-refractivity contribution in [3.8, 4) is 0 Å². The highest BCUT2D eigenvalue weighted by Crippen LogP contribution is 2.43. The minimum Gasteiger partial charge on any atom is -0.0983 e. The fourth-order valence-corrected chi connectivity index (χ4v) is 4.85. The SMILES string of the molecule is Cc1ccc(C)c2c1C=C(SC1=Cc3c(C)ccc(C)c3C1)C2. The molecule has 23 heavy (non-hydrogen) atoms. The third kappa shape index (κ3) is 2.48. The fraction of sp³-hybridized carbons (Fsp3) is 0.273. The normalized spacial score (nSPS) is 15.3. The maximum atomic E-state index is 2.41. The molecule has 2 aromatic carbocycles. The molecule has 2 aliphatic carbocycles. The molecule has 1 heteroatoms. The van der Waals surface area contributed by atoms with E-state index in [2.05, 4.69) is 64.1 Å². The van der Waals surface area contributed by atoms with Crippen molar-refractivity contribution in [2.75, 3.05) is 0 Å². The van der Waals surface area contributed by atoms with Crippen molar-refractivity contribution in [1.29, 1.82) is 0 Å². The Balaban J connectivity index is 1.60. The fourth-order valence-electron chi connectivity index (χ4n) is 3.72. The largest absolute Gasteiger partial charge is 0.0983 e. The Morgan fingerprint density at radius 2 is 1.00 bits per heavy atom. The van der Waals surface area contributed by atoms with Gasteiger partial charge in [0.2, 0.25) is 0 Å². The first-order chi connectivity index (χ1) is 11.0. The standard InChI is InChI=1S/C22H22S/c1-13-5-6-14(2)20-10-17(9-19(13)20)23-18-11-21-15(3)7-8-16(4)22(21)12-18/h5-9,11H,10,12H2,1-4H3. The number of fused-ring (bicyclic) bond motifs is 2. The van der Waals surface area contributed by atoms with E-state index in [1.165, 1.54) is 54.3 Å². The lowest BCUT2D eigenvalue weighted by Crippen LogP contribution is -1.91. The molecular weight excluding hydrogens is 296 g/mol. The van der Waals surface area contributed by atoms with E-state index in [0.29, 0.717) is 0 Å². The van der Waals surface area contributed by atoms with Crippen LogP contribution in [0.25, 0.3) is 12.2 Å². The minimum absolute atomic E-state index is 1.10. The van der Waals surface area contributed by atoms with Gasteiger partial charge in [-0.2, -0.15) is 0 Å². The molecule has 4 rings (SSSR count). The summed E-state index contributed by atoms with van der Waals surface area (Å²) in [5.74, 6) is 0. The van der Waals surface area contributed by atoms with Gasteiger partial charge < -0.3 is 0 Å². The van der Waals surface area contributed by atoms with E-state index in [4.69, 9.17) is 0 Å². The highest BCUT2D eigenvalue weighted by Gasteiger charge is 2.21. The summed E-state index contributed by atoms with van der Waals surface area (Å²) < 4.78 is 0. The van der Waals surface area contributed by atoms with Gasteiger partial charge >= 0.3 is 0 Å². The van der Waals surface area contributed by atoms with Crippen LogP contribution in [0.1, 0.15) is 44.5 Å². The zero-order chi connectivity index (χ0) is 16.1. The maximum absolute atomic E-state index is 2.41. The number of hydrogen-bond acceptors (Lipinski definition) is 1. The highest BCUT2D eigenvalue weighted by atomic mass is 32.2. The molecule has 0 atom stereocenters. The number of benzene rings is 2. The van der Waals surface area contributed by atoms with Crippen molar-refractivity contribution in [3.63, 3.8) is 0 Å². The second-order valence-electron chi connectivity index (χ2n) is 6.86. The predicted octanol–water partition coefficient (Wildman–Crippen LogP) is 6.15. The van der Waals surface area contributed by atoms with E-state index >= 15 is 0 Å². The molecule has 0 nitrogen and oxygen atoms in total. The van der Waals surface area contributed by atoms with Gasteiger partial charge in [0.1, 0.15) is 0 Å². The molecule has 0 N–H and O–H groups in total. The van der Waals surface area contributed by atoms with Gasteiger partial charge in [-0.25, -0.2) is 0 Å². The lowest BCUT2D eigenvalue weighted by atomic mass is 10.00. The Bertz CT molecular complexity index is 808. The van der Waals surface area contributed by atoms with Crippen LogP contribution in [0.15, 0.2) is 34.1 Å². The van der Waals surface area contributed by atoms with Crippen LogP contribution >= 0.6 is 11.8 Å². The van der Waals surface area contributed by atoms with Crippen LogP contribution in [-0.4, -0.2) is 0 Å². The van der Waals surface area contributed by atoms with Crippen LogP contribution in [0.4, 0.5) is 0 Å². The third-order valence-corrected chi connectivity index (χ3v) is 6.24. The minimum atomic E-state index is 1.10. The molecule has 2 aliphatic rings. The van der Waals surface area contributed by atoms with Crippen LogP contribution in [0.2, 0.25) is 0 Å². The summed E-state index contributed by atoms with van der Waals surface area (Å²) in [5, 5.41) is 0.